The van der Waals surface area contributed by atoms with E-state index in [-0.39, 0.29) is 5.91 Å². The van der Waals surface area contributed by atoms with E-state index in [4.69, 9.17) is 0 Å². The van der Waals surface area contributed by atoms with Gasteiger partial charge in [-0.15, -0.1) is 0 Å². The number of pyridine rings is 1. The molecule has 1 heterocycles. The number of carbonyl (C=O) groups excluding carboxylic acids is 1. The van der Waals surface area contributed by atoms with Crippen molar-refractivity contribution in [2.75, 3.05) is 0 Å². The van der Waals surface area contributed by atoms with Crippen LogP contribution in [0.5, 0.6) is 0 Å². The minimum atomic E-state index is -0.0265. The molecule has 1 aromatic heterocycles. The summed E-state index contributed by atoms with van der Waals surface area (Å²) in [4.78, 5) is 15.7. The fraction of sp³-hybridized carbons (Fsp3) is 0.500. The molecule has 1 aromatic rings. The van der Waals surface area contributed by atoms with Crippen LogP contribution in [0.3, 0.4) is 0 Å². The Balaban J connectivity index is 2.32. The highest BCUT2D eigenvalue weighted by molar-refractivity contribution is 5.97. The topological polar surface area (TPSA) is 54.4 Å². The molecule has 0 atom stereocenters. The molecule has 0 unspecified atom stereocenters. The summed E-state index contributed by atoms with van der Waals surface area (Å²) in [5.41, 5.74) is 4.07. The average molecular weight is 247 g/mol. The Labute approximate surface area is 109 Å². The molecule has 0 spiro atoms. The number of hydrazone groups is 1. The van der Waals surface area contributed by atoms with E-state index < -0.39 is 0 Å². The van der Waals surface area contributed by atoms with E-state index in [1.54, 1.807) is 6.20 Å². The quantitative estimate of drug-likeness (QED) is 0.457. The van der Waals surface area contributed by atoms with Crippen LogP contribution in [-0.2, 0) is 4.79 Å². The molecule has 98 valence electrons. The molecule has 0 saturated heterocycles. The number of hydrogen-bond acceptors (Lipinski definition) is 3. The molecule has 0 saturated carbocycles. The lowest BCUT2D eigenvalue weighted by Crippen LogP contribution is -2.19. The molecule has 0 aliphatic carbocycles. The van der Waals surface area contributed by atoms with Gasteiger partial charge in [-0.1, -0.05) is 32.3 Å². The van der Waals surface area contributed by atoms with Crippen LogP contribution in [-0.4, -0.2) is 16.6 Å². The van der Waals surface area contributed by atoms with Crippen LogP contribution in [0.25, 0.3) is 0 Å². The second kappa shape index (κ2) is 8.39. The smallest absolute Gasteiger partial charge is 0.240 e. The van der Waals surface area contributed by atoms with Crippen LogP contribution in [0.15, 0.2) is 29.5 Å². The van der Waals surface area contributed by atoms with Gasteiger partial charge in [0.15, 0.2) is 0 Å². The molecular weight excluding hydrogens is 226 g/mol. The maximum Gasteiger partial charge on any atom is 0.240 e. The summed E-state index contributed by atoms with van der Waals surface area (Å²) in [5, 5.41) is 4.05. The van der Waals surface area contributed by atoms with E-state index in [0.717, 1.165) is 24.2 Å². The molecule has 0 radical (unpaired) electrons. The zero-order valence-electron chi connectivity index (χ0n) is 11.1. The van der Waals surface area contributed by atoms with Crippen molar-refractivity contribution < 1.29 is 4.79 Å². The lowest BCUT2D eigenvalue weighted by molar-refractivity contribution is -0.121. The Kier molecular flexibility index (Phi) is 6.69. The van der Waals surface area contributed by atoms with Crippen LogP contribution < -0.4 is 5.43 Å². The Morgan fingerprint density at radius 3 is 2.83 bits per heavy atom. The largest absolute Gasteiger partial charge is 0.273 e. The van der Waals surface area contributed by atoms with Gasteiger partial charge in [0.05, 0.1) is 11.4 Å². The standard InChI is InChI=1S/C14H21N3O/c1-3-4-5-6-10-14(18)17-16-12(2)13-9-7-8-11-15-13/h7-9,11H,3-6,10H2,1-2H3,(H,17,18). The summed E-state index contributed by atoms with van der Waals surface area (Å²) in [6.07, 6.45) is 6.65. The summed E-state index contributed by atoms with van der Waals surface area (Å²) in [7, 11) is 0. The van der Waals surface area contributed by atoms with E-state index in [9.17, 15) is 4.79 Å². The Morgan fingerprint density at radius 2 is 2.17 bits per heavy atom. The van der Waals surface area contributed by atoms with Crippen LogP contribution in [0.4, 0.5) is 0 Å². The van der Waals surface area contributed by atoms with Gasteiger partial charge in [0.1, 0.15) is 0 Å². The van der Waals surface area contributed by atoms with Gasteiger partial charge in [-0.2, -0.15) is 5.10 Å². The van der Waals surface area contributed by atoms with Gasteiger partial charge in [0.25, 0.3) is 0 Å². The van der Waals surface area contributed by atoms with Gasteiger partial charge in [0, 0.05) is 12.6 Å². The number of aromatic nitrogens is 1. The third-order valence-corrected chi connectivity index (χ3v) is 2.64. The van der Waals surface area contributed by atoms with E-state index in [1.807, 2.05) is 25.1 Å². The maximum absolute atomic E-state index is 11.5. The van der Waals surface area contributed by atoms with Crippen molar-refractivity contribution in [1.82, 2.24) is 10.4 Å². The Morgan fingerprint density at radius 1 is 1.33 bits per heavy atom. The molecule has 1 amide bonds. The van der Waals surface area contributed by atoms with Gasteiger partial charge >= 0.3 is 0 Å². The first-order chi connectivity index (χ1) is 8.74. The number of hydrogen-bond donors (Lipinski definition) is 1. The average Bonchev–Trinajstić information content (AvgIpc) is 2.42. The molecule has 4 nitrogen and oxygen atoms in total. The minimum absolute atomic E-state index is 0.0265. The zero-order valence-corrected chi connectivity index (χ0v) is 11.1. The van der Waals surface area contributed by atoms with Crippen molar-refractivity contribution in [2.24, 2.45) is 5.10 Å². The highest BCUT2D eigenvalue weighted by atomic mass is 16.2. The van der Waals surface area contributed by atoms with Crippen molar-refractivity contribution in [3.05, 3.63) is 30.1 Å². The molecule has 18 heavy (non-hydrogen) atoms. The zero-order chi connectivity index (χ0) is 13.2. The van der Waals surface area contributed by atoms with Crippen molar-refractivity contribution in [3.63, 3.8) is 0 Å². The third kappa shape index (κ3) is 5.57. The molecule has 0 fully saturated rings. The van der Waals surface area contributed by atoms with Crippen molar-refractivity contribution in [2.45, 2.75) is 46.0 Å². The van der Waals surface area contributed by atoms with E-state index >= 15 is 0 Å². The molecule has 1 N–H and O–H groups in total. The van der Waals surface area contributed by atoms with Gasteiger partial charge in [0.2, 0.25) is 5.91 Å². The van der Waals surface area contributed by atoms with Gasteiger partial charge in [-0.3, -0.25) is 9.78 Å². The van der Waals surface area contributed by atoms with Crippen LogP contribution in [0, 0.1) is 0 Å². The van der Waals surface area contributed by atoms with Gasteiger partial charge < -0.3 is 0 Å². The summed E-state index contributed by atoms with van der Waals surface area (Å²) in [5.74, 6) is -0.0265. The summed E-state index contributed by atoms with van der Waals surface area (Å²) < 4.78 is 0. The number of nitrogens with zero attached hydrogens (tertiary/aromatic N) is 2. The van der Waals surface area contributed by atoms with E-state index in [1.165, 1.54) is 12.8 Å². The molecular formula is C14H21N3O. The molecule has 0 bridgehead atoms. The Bertz CT molecular complexity index is 387. The highest BCUT2D eigenvalue weighted by Crippen LogP contribution is 2.02. The molecule has 1 rings (SSSR count). The summed E-state index contributed by atoms with van der Waals surface area (Å²) in [6.45, 7) is 3.99. The summed E-state index contributed by atoms with van der Waals surface area (Å²) in [6, 6.07) is 5.61. The van der Waals surface area contributed by atoms with Crippen molar-refractivity contribution >= 4 is 11.6 Å². The predicted molar refractivity (Wildman–Crippen MR) is 73.3 cm³/mol. The van der Waals surface area contributed by atoms with E-state index in [2.05, 4.69) is 22.4 Å². The lowest BCUT2D eigenvalue weighted by atomic mass is 10.1. The molecule has 0 aliphatic rings. The third-order valence-electron chi connectivity index (χ3n) is 2.64. The molecule has 0 aliphatic heterocycles. The number of carbonyl (C=O) groups is 1. The fourth-order valence-corrected chi connectivity index (χ4v) is 1.55. The monoisotopic (exact) mass is 247 g/mol. The second-order valence-corrected chi connectivity index (χ2v) is 4.26. The van der Waals surface area contributed by atoms with E-state index in [0.29, 0.717) is 6.42 Å². The maximum atomic E-state index is 11.5. The number of nitrogens with one attached hydrogen (secondary N) is 1. The number of unbranched alkanes of at least 4 members (excludes halogenated alkanes) is 3. The fourth-order valence-electron chi connectivity index (χ4n) is 1.55. The van der Waals surface area contributed by atoms with Crippen molar-refractivity contribution in [3.8, 4) is 0 Å². The highest BCUT2D eigenvalue weighted by Gasteiger charge is 2.01. The SMILES string of the molecule is CCCCCCC(=O)NN=C(C)c1ccccn1. The van der Waals surface area contributed by atoms with Crippen molar-refractivity contribution in [1.29, 1.82) is 0 Å². The van der Waals surface area contributed by atoms with Crippen LogP contribution in [0.2, 0.25) is 0 Å². The number of amides is 1. The van der Waals surface area contributed by atoms with Crippen LogP contribution >= 0.6 is 0 Å². The summed E-state index contributed by atoms with van der Waals surface area (Å²) >= 11 is 0. The first kappa shape index (κ1) is 14.4. The second-order valence-electron chi connectivity index (χ2n) is 4.26. The molecule has 4 heteroatoms. The first-order valence-electron chi connectivity index (χ1n) is 6.48. The number of rotatable bonds is 7. The normalized spacial score (nSPS) is 11.3. The van der Waals surface area contributed by atoms with Gasteiger partial charge in [-0.05, 0) is 25.5 Å². The first-order valence-corrected chi connectivity index (χ1v) is 6.48. The lowest BCUT2D eigenvalue weighted by Gasteiger charge is -2.02. The molecule has 0 aromatic carbocycles. The van der Waals surface area contributed by atoms with Crippen LogP contribution in [0.1, 0.15) is 51.6 Å². The minimum Gasteiger partial charge on any atom is -0.273 e. The Hall–Kier alpha value is -1.71. The predicted octanol–water partition coefficient (Wildman–Crippen LogP) is 2.89. The van der Waals surface area contributed by atoms with Gasteiger partial charge in [-0.25, -0.2) is 5.43 Å².